The van der Waals surface area contributed by atoms with Crippen LogP contribution < -0.4 is 0 Å². The minimum absolute atomic E-state index is 0.0321. The Hall–Kier alpha value is -0.953. The molecule has 0 aliphatic rings. The lowest BCUT2D eigenvalue weighted by molar-refractivity contribution is -0.146. The van der Waals surface area contributed by atoms with E-state index in [1.54, 1.807) is 0 Å². The molecule has 0 radical (unpaired) electrons. The molecule has 33 heavy (non-hydrogen) atoms. The summed E-state index contributed by atoms with van der Waals surface area (Å²) in [5, 5.41) is 21.4. The highest BCUT2D eigenvalue weighted by molar-refractivity contribution is 6.74. The molecule has 0 aromatic carbocycles. The molecule has 0 spiro atoms. The second-order valence-corrected chi connectivity index (χ2v) is 15.9. The molecule has 0 bridgehead atoms. The first-order valence-corrected chi connectivity index (χ1v) is 15.5. The van der Waals surface area contributed by atoms with Crippen LogP contribution in [0, 0.1) is 5.92 Å². The molecule has 0 rings (SSSR count). The molecule has 0 aliphatic carbocycles. The highest BCUT2D eigenvalue weighted by Crippen LogP contribution is 2.39. The first kappa shape index (κ1) is 32.0. The first-order valence-electron chi connectivity index (χ1n) is 12.6. The summed E-state index contributed by atoms with van der Waals surface area (Å²) in [6, 6.07) is 0. The lowest BCUT2D eigenvalue weighted by Gasteiger charge is -2.41. The first-order chi connectivity index (χ1) is 15.1. The van der Waals surface area contributed by atoms with Crippen molar-refractivity contribution in [3.63, 3.8) is 0 Å². The Morgan fingerprint density at radius 2 is 1.76 bits per heavy atom. The third-order valence-corrected chi connectivity index (χ3v) is 11.2. The van der Waals surface area contributed by atoms with E-state index in [0.29, 0.717) is 19.3 Å². The van der Waals surface area contributed by atoms with E-state index in [2.05, 4.69) is 53.4 Å². The fourth-order valence-corrected chi connectivity index (χ4v) is 4.92. The molecular formula is C27H52O5Si. The van der Waals surface area contributed by atoms with Gasteiger partial charge in [0.15, 0.2) is 8.32 Å². The number of aliphatic hydroxyl groups is 2. The number of allylic oxidation sites excluding steroid dienone is 1. The summed E-state index contributed by atoms with van der Waals surface area (Å²) < 4.78 is 12.3. The predicted molar refractivity (Wildman–Crippen MR) is 141 cm³/mol. The second-order valence-electron chi connectivity index (χ2n) is 11.1. The Balaban J connectivity index is 5.63. The molecule has 0 saturated heterocycles. The van der Waals surface area contributed by atoms with Crippen molar-refractivity contribution >= 4 is 14.3 Å². The Bertz CT molecular complexity index is 608. The van der Waals surface area contributed by atoms with Crippen LogP contribution in [0.4, 0.5) is 0 Å². The largest absolute Gasteiger partial charge is 0.462 e. The number of rotatable bonds is 16. The quantitative estimate of drug-likeness (QED) is 0.112. The maximum absolute atomic E-state index is 11.5. The van der Waals surface area contributed by atoms with Crippen LogP contribution in [0.1, 0.15) is 93.4 Å². The van der Waals surface area contributed by atoms with Gasteiger partial charge in [-0.25, -0.2) is 0 Å². The minimum Gasteiger partial charge on any atom is -0.462 e. The summed E-state index contributed by atoms with van der Waals surface area (Å²) in [7, 11) is -2.11. The second kappa shape index (κ2) is 15.1. The van der Waals surface area contributed by atoms with E-state index in [9.17, 15) is 15.0 Å². The van der Waals surface area contributed by atoms with Crippen LogP contribution in [0.15, 0.2) is 24.3 Å². The van der Waals surface area contributed by atoms with E-state index < -0.39 is 20.5 Å². The lowest BCUT2D eigenvalue weighted by atomic mass is 9.91. The van der Waals surface area contributed by atoms with E-state index in [1.807, 2.05) is 19.9 Å². The standard InChI is InChI=1S/C27H52O5Si/c1-11-13-14-16-23(29)19-25(30)21(4)26(32-33(9,10)27(6,7)8)18-20(3)17-24(15-12-2)31-22(5)28/h11,18,21,23-26,29-30H,1,12-17,19H2,2-10H3/b20-18-/t21-,23+,24+,25-,26+/m0/s1. The highest BCUT2D eigenvalue weighted by atomic mass is 28.4. The third kappa shape index (κ3) is 12.9. The molecule has 0 aliphatic heterocycles. The molecule has 6 heteroatoms. The highest BCUT2D eigenvalue weighted by Gasteiger charge is 2.40. The van der Waals surface area contributed by atoms with Gasteiger partial charge < -0.3 is 19.4 Å². The maximum Gasteiger partial charge on any atom is 0.302 e. The van der Waals surface area contributed by atoms with Crippen molar-refractivity contribution in [2.45, 2.75) is 136 Å². The van der Waals surface area contributed by atoms with Gasteiger partial charge in [0.05, 0.1) is 18.3 Å². The molecule has 0 aromatic heterocycles. The average Bonchev–Trinajstić information content (AvgIpc) is 2.65. The van der Waals surface area contributed by atoms with Gasteiger partial charge in [-0.3, -0.25) is 4.79 Å². The van der Waals surface area contributed by atoms with Crippen molar-refractivity contribution in [2.75, 3.05) is 0 Å². The van der Waals surface area contributed by atoms with Crippen LogP contribution in [0.3, 0.4) is 0 Å². The zero-order valence-electron chi connectivity index (χ0n) is 22.8. The van der Waals surface area contributed by atoms with Gasteiger partial charge in [-0.2, -0.15) is 0 Å². The Morgan fingerprint density at radius 1 is 1.15 bits per heavy atom. The van der Waals surface area contributed by atoms with Gasteiger partial charge in [0.2, 0.25) is 0 Å². The molecule has 0 heterocycles. The van der Waals surface area contributed by atoms with Gasteiger partial charge in [-0.1, -0.05) is 58.8 Å². The molecule has 0 saturated carbocycles. The zero-order valence-corrected chi connectivity index (χ0v) is 23.8. The molecule has 2 N–H and O–H groups in total. The maximum atomic E-state index is 11.5. The Kier molecular flexibility index (Phi) is 14.7. The van der Waals surface area contributed by atoms with Gasteiger partial charge in [0, 0.05) is 19.3 Å². The van der Waals surface area contributed by atoms with E-state index in [4.69, 9.17) is 9.16 Å². The Labute approximate surface area is 204 Å². The van der Waals surface area contributed by atoms with Gasteiger partial charge in [0.1, 0.15) is 6.10 Å². The summed E-state index contributed by atoms with van der Waals surface area (Å²) in [5.41, 5.74) is 1.09. The fourth-order valence-electron chi connectivity index (χ4n) is 3.61. The van der Waals surface area contributed by atoms with Crippen molar-refractivity contribution in [1.29, 1.82) is 0 Å². The van der Waals surface area contributed by atoms with Crippen LogP contribution in [-0.4, -0.2) is 48.9 Å². The molecule has 0 aromatic rings. The van der Waals surface area contributed by atoms with E-state index in [1.165, 1.54) is 6.92 Å². The van der Waals surface area contributed by atoms with Crippen molar-refractivity contribution in [3.05, 3.63) is 24.3 Å². The molecule has 0 unspecified atom stereocenters. The van der Waals surface area contributed by atoms with E-state index in [-0.39, 0.29) is 29.1 Å². The van der Waals surface area contributed by atoms with Crippen molar-refractivity contribution < 1.29 is 24.2 Å². The number of esters is 1. The predicted octanol–water partition coefficient (Wildman–Crippen LogP) is 6.55. The normalized spacial score (nSPS) is 17.7. The number of carbonyl (C=O) groups is 1. The smallest absolute Gasteiger partial charge is 0.302 e. The summed E-state index contributed by atoms with van der Waals surface area (Å²) in [6.45, 7) is 22.3. The third-order valence-electron chi connectivity index (χ3n) is 6.76. The SMILES string of the molecule is C=CCCC[C@@H](O)C[C@H](O)[C@H](C)[C@@H](/C=C(/C)C[C@@H](CCC)OC(C)=O)O[Si](C)(C)C(C)(C)C. The molecule has 0 fully saturated rings. The summed E-state index contributed by atoms with van der Waals surface area (Å²) in [6.07, 6.45) is 7.42. The number of aliphatic hydroxyl groups excluding tert-OH is 2. The Morgan fingerprint density at radius 3 is 2.24 bits per heavy atom. The summed E-state index contributed by atoms with van der Waals surface area (Å²) in [5.74, 6) is -0.439. The molecule has 5 nitrogen and oxygen atoms in total. The van der Waals surface area contributed by atoms with Gasteiger partial charge >= 0.3 is 5.97 Å². The average molecular weight is 485 g/mol. The summed E-state index contributed by atoms with van der Waals surface area (Å²) >= 11 is 0. The van der Waals surface area contributed by atoms with Crippen molar-refractivity contribution in [2.24, 2.45) is 5.92 Å². The number of unbranched alkanes of at least 4 members (excludes halogenated alkanes) is 1. The molecule has 194 valence electrons. The summed E-state index contributed by atoms with van der Waals surface area (Å²) in [4.78, 5) is 11.5. The van der Waals surface area contributed by atoms with Gasteiger partial charge in [0.25, 0.3) is 0 Å². The van der Waals surface area contributed by atoms with Crippen LogP contribution in [0.25, 0.3) is 0 Å². The van der Waals surface area contributed by atoms with E-state index >= 15 is 0 Å². The number of hydrogen-bond donors (Lipinski definition) is 2. The van der Waals surface area contributed by atoms with Gasteiger partial charge in [-0.05, 0) is 57.2 Å². The van der Waals surface area contributed by atoms with Gasteiger partial charge in [-0.15, -0.1) is 6.58 Å². The minimum atomic E-state index is -2.11. The topological polar surface area (TPSA) is 76.0 Å². The van der Waals surface area contributed by atoms with Crippen LogP contribution in [0.2, 0.25) is 18.1 Å². The fraction of sp³-hybridized carbons (Fsp3) is 0.815. The molecule has 0 amide bonds. The monoisotopic (exact) mass is 484 g/mol. The lowest BCUT2D eigenvalue weighted by Crippen LogP contribution is -2.47. The van der Waals surface area contributed by atoms with Crippen molar-refractivity contribution in [3.8, 4) is 0 Å². The number of hydrogen-bond acceptors (Lipinski definition) is 5. The molecular weight excluding hydrogens is 432 g/mol. The van der Waals surface area contributed by atoms with Crippen LogP contribution in [-0.2, 0) is 14.0 Å². The van der Waals surface area contributed by atoms with Crippen molar-refractivity contribution in [1.82, 2.24) is 0 Å². The van der Waals surface area contributed by atoms with Crippen LogP contribution in [0.5, 0.6) is 0 Å². The zero-order chi connectivity index (χ0) is 25.8. The number of ether oxygens (including phenoxy) is 1. The molecule has 5 atom stereocenters. The van der Waals surface area contributed by atoms with E-state index in [0.717, 1.165) is 31.3 Å². The van der Waals surface area contributed by atoms with Crippen LogP contribution >= 0.6 is 0 Å². The number of carbonyl (C=O) groups excluding carboxylic acids is 1.